The first-order valence-electron chi connectivity index (χ1n) is 8.27. The standard InChI is InChI=1S/C18H19F3N2O4S/c1-2-27-15-7-9-16(10-8-15)28(25,26)23-14-5-3-13(4-6-14)11-17(24)22-12-18(19,20)21/h3-10,23H,2,11-12H2,1H3,(H,22,24). The Morgan fingerprint density at radius 2 is 1.64 bits per heavy atom. The summed E-state index contributed by atoms with van der Waals surface area (Å²) in [6.07, 6.45) is -4.72. The van der Waals surface area contributed by atoms with Crippen LogP contribution in [-0.4, -0.2) is 33.7 Å². The third-order valence-electron chi connectivity index (χ3n) is 3.50. The first-order chi connectivity index (χ1) is 13.1. The summed E-state index contributed by atoms with van der Waals surface area (Å²) in [6.45, 7) is 0.882. The molecular weight excluding hydrogens is 397 g/mol. The SMILES string of the molecule is CCOc1ccc(S(=O)(=O)Nc2ccc(CC(=O)NCC(F)(F)F)cc2)cc1. The lowest BCUT2D eigenvalue weighted by molar-refractivity contribution is -0.138. The maximum Gasteiger partial charge on any atom is 0.405 e. The smallest absolute Gasteiger partial charge is 0.405 e. The highest BCUT2D eigenvalue weighted by Crippen LogP contribution is 2.20. The van der Waals surface area contributed by atoms with Crippen molar-refractivity contribution in [2.24, 2.45) is 0 Å². The van der Waals surface area contributed by atoms with Crippen molar-refractivity contribution in [3.63, 3.8) is 0 Å². The third kappa shape index (κ3) is 6.76. The lowest BCUT2D eigenvalue weighted by atomic mass is 10.1. The Morgan fingerprint density at radius 1 is 1.04 bits per heavy atom. The summed E-state index contributed by atoms with van der Waals surface area (Å²) in [5.74, 6) is -0.227. The van der Waals surface area contributed by atoms with Crippen LogP contribution in [0, 0.1) is 0 Å². The van der Waals surface area contributed by atoms with Crippen LogP contribution in [0.25, 0.3) is 0 Å². The number of nitrogens with one attached hydrogen (secondary N) is 2. The molecule has 2 rings (SSSR count). The molecule has 2 N–H and O–H groups in total. The molecule has 0 atom stereocenters. The number of carbonyl (C=O) groups is 1. The number of alkyl halides is 3. The Labute approximate surface area is 160 Å². The van der Waals surface area contributed by atoms with E-state index in [1.807, 2.05) is 6.92 Å². The fourth-order valence-electron chi connectivity index (χ4n) is 2.23. The normalized spacial score (nSPS) is 11.7. The van der Waals surface area contributed by atoms with Gasteiger partial charge in [0.1, 0.15) is 12.3 Å². The molecule has 0 bridgehead atoms. The lowest BCUT2D eigenvalue weighted by Crippen LogP contribution is -2.34. The minimum atomic E-state index is -4.47. The van der Waals surface area contributed by atoms with E-state index in [1.165, 1.54) is 36.4 Å². The maximum absolute atomic E-state index is 12.4. The van der Waals surface area contributed by atoms with Crippen LogP contribution < -0.4 is 14.8 Å². The molecular formula is C18H19F3N2O4S. The monoisotopic (exact) mass is 416 g/mol. The van der Waals surface area contributed by atoms with Crippen LogP contribution in [0.2, 0.25) is 0 Å². The number of ether oxygens (including phenoxy) is 1. The zero-order chi connectivity index (χ0) is 20.8. The minimum absolute atomic E-state index is 0.0477. The van der Waals surface area contributed by atoms with Gasteiger partial charge in [-0.2, -0.15) is 13.2 Å². The van der Waals surface area contributed by atoms with Gasteiger partial charge in [-0.25, -0.2) is 8.42 Å². The highest BCUT2D eigenvalue weighted by Gasteiger charge is 2.27. The molecule has 0 fully saturated rings. The first-order valence-corrected chi connectivity index (χ1v) is 9.75. The Hall–Kier alpha value is -2.75. The zero-order valence-corrected chi connectivity index (χ0v) is 15.7. The fourth-order valence-corrected chi connectivity index (χ4v) is 3.29. The van der Waals surface area contributed by atoms with E-state index in [9.17, 15) is 26.4 Å². The van der Waals surface area contributed by atoms with Crippen molar-refractivity contribution in [1.29, 1.82) is 0 Å². The fraction of sp³-hybridized carbons (Fsp3) is 0.278. The Balaban J connectivity index is 1.98. The summed E-state index contributed by atoms with van der Waals surface area (Å²) in [4.78, 5) is 11.5. The van der Waals surface area contributed by atoms with Gasteiger partial charge in [-0.1, -0.05) is 12.1 Å². The van der Waals surface area contributed by atoms with Gasteiger partial charge in [0.05, 0.1) is 17.9 Å². The van der Waals surface area contributed by atoms with Gasteiger partial charge in [0.25, 0.3) is 10.0 Å². The molecule has 0 saturated heterocycles. The molecule has 0 spiro atoms. The highest BCUT2D eigenvalue weighted by atomic mass is 32.2. The maximum atomic E-state index is 12.4. The molecule has 0 heterocycles. The van der Waals surface area contributed by atoms with Gasteiger partial charge in [-0.15, -0.1) is 0 Å². The summed E-state index contributed by atoms with van der Waals surface area (Å²) in [6, 6.07) is 11.7. The number of sulfonamides is 1. The summed E-state index contributed by atoms with van der Waals surface area (Å²) < 4.78 is 68.7. The molecule has 0 radical (unpaired) electrons. The van der Waals surface area contributed by atoms with Crippen molar-refractivity contribution in [2.45, 2.75) is 24.4 Å². The van der Waals surface area contributed by atoms with Gasteiger partial charge in [-0.3, -0.25) is 9.52 Å². The van der Waals surface area contributed by atoms with E-state index in [4.69, 9.17) is 4.74 Å². The number of amides is 1. The molecule has 0 aromatic heterocycles. The van der Waals surface area contributed by atoms with Crippen LogP contribution in [-0.2, 0) is 21.2 Å². The lowest BCUT2D eigenvalue weighted by Gasteiger charge is -2.10. The van der Waals surface area contributed by atoms with E-state index in [0.29, 0.717) is 17.9 Å². The molecule has 10 heteroatoms. The highest BCUT2D eigenvalue weighted by molar-refractivity contribution is 7.92. The number of anilines is 1. The predicted molar refractivity (Wildman–Crippen MR) is 97.6 cm³/mol. The van der Waals surface area contributed by atoms with Crippen molar-refractivity contribution < 1.29 is 31.1 Å². The quantitative estimate of drug-likeness (QED) is 0.693. The van der Waals surface area contributed by atoms with Gasteiger partial charge in [0, 0.05) is 5.69 Å². The van der Waals surface area contributed by atoms with Crippen molar-refractivity contribution in [3.05, 3.63) is 54.1 Å². The Morgan fingerprint density at radius 3 is 2.18 bits per heavy atom. The van der Waals surface area contributed by atoms with Gasteiger partial charge in [-0.05, 0) is 48.9 Å². The molecule has 2 aromatic carbocycles. The second-order valence-electron chi connectivity index (χ2n) is 5.78. The van der Waals surface area contributed by atoms with E-state index >= 15 is 0 Å². The van der Waals surface area contributed by atoms with Crippen molar-refractivity contribution in [3.8, 4) is 5.75 Å². The molecule has 0 aliphatic heterocycles. The summed E-state index contributed by atoms with van der Waals surface area (Å²) in [5.41, 5.74) is 0.706. The average Bonchev–Trinajstić information content (AvgIpc) is 2.62. The number of hydrogen-bond acceptors (Lipinski definition) is 4. The number of carbonyl (C=O) groups excluding carboxylic acids is 1. The minimum Gasteiger partial charge on any atom is -0.494 e. The Kier molecular flexibility index (Phi) is 6.90. The molecule has 0 unspecified atom stereocenters. The van der Waals surface area contributed by atoms with Crippen LogP contribution in [0.5, 0.6) is 5.75 Å². The summed E-state index contributed by atoms with van der Waals surface area (Å²) in [7, 11) is -3.82. The largest absolute Gasteiger partial charge is 0.494 e. The topological polar surface area (TPSA) is 84.5 Å². The molecule has 2 aromatic rings. The van der Waals surface area contributed by atoms with Crippen molar-refractivity contribution in [1.82, 2.24) is 5.32 Å². The van der Waals surface area contributed by atoms with Crippen molar-refractivity contribution >= 4 is 21.6 Å². The molecule has 28 heavy (non-hydrogen) atoms. The number of hydrogen-bond donors (Lipinski definition) is 2. The zero-order valence-electron chi connectivity index (χ0n) is 14.9. The van der Waals surface area contributed by atoms with Crippen molar-refractivity contribution in [2.75, 3.05) is 17.9 Å². The third-order valence-corrected chi connectivity index (χ3v) is 4.90. The van der Waals surface area contributed by atoms with E-state index in [1.54, 1.807) is 17.4 Å². The van der Waals surface area contributed by atoms with E-state index in [0.717, 1.165) is 0 Å². The van der Waals surface area contributed by atoms with Crippen LogP contribution in [0.3, 0.4) is 0 Å². The number of benzene rings is 2. The van der Waals surface area contributed by atoms with Gasteiger partial charge < -0.3 is 10.1 Å². The first kappa shape index (κ1) is 21.5. The van der Waals surface area contributed by atoms with Crippen LogP contribution in [0.1, 0.15) is 12.5 Å². The molecule has 1 amide bonds. The second-order valence-corrected chi connectivity index (χ2v) is 7.46. The summed E-state index contributed by atoms with van der Waals surface area (Å²) in [5, 5.41) is 1.77. The summed E-state index contributed by atoms with van der Waals surface area (Å²) >= 11 is 0. The van der Waals surface area contributed by atoms with Crippen LogP contribution in [0.15, 0.2) is 53.4 Å². The number of halogens is 3. The Bertz CT molecular complexity index is 896. The predicted octanol–water partition coefficient (Wildman–Crippen LogP) is 3.11. The van der Waals surface area contributed by atoms with E-state index in [-0.39, 0.29) is 17.0 Å². The van der Waals surface area contributed by atoms with Crippen LogP contribution >= 0.6 is 0 Å². The second kappa shape index (κ2) is 8.96. The van der Waals surface area contributed by atoms with Gasteiger partial charge in [0.2, 0.25) is 5.91 Å². The molecule has 0 aliphatic rings. The van der Waals surface area contributed by atoms with Gasteiger partial charge >= 0.3 is 6.18 Å². The van der Waals surface area contributed by atoms with E-state index < -0.39 is 28.7 Å². The van der Waals surface area contributed by atoms with Gasteiger partial charge in [0.15, 0.2) is 0 Å². The molecule has 0 saturated carbocycles. The molecule has 6 nitrogen and oxygen atoms in total. The average molecular weight is 416 g/mol. The van der Waals surface area contributed by atoms with E-state index in [2.05, 4.69) is 4.72 Å². The molecule has 152 valence electrons. The number of rotatable bonds is 8. The van der Waals surface area contributed by atoms with Crippen LogP contribution in [0.4, 0.5) is 18.9 Å². The molecule has 0 aliphatic carbocycles.